The summed E-state index contributed by atoms with van der Waals surface area (Å²) in [5.41, 5.74) is 7.72. The van der Waals surface area contributed by atoms with Crippen molar-refractivity contribution in [3.05, 3.63) is 51.9 Å². The second-order valence-corrected chi connectivity index (χ2v) is 9.03. The van der Waals surface area contributed by atoms with Gasteiger partial charge in [-0.3, -0.25) is 9.59 Å². The van der Waals surface area contributed by atoms with Gasteiger partial charge >= 0.3 is 0 Å². The van der Waals surface area contributed by atoms with Gasteiger partial charge in [0.1, 0.15) is 5.00 Å². The standard InChI is InChI=1S/C21H26N2O2S/c1-13-9-10-15-16(11-13)26-19(17(15)18(22)24)23-20(25)21(2,3)12-14-7-5-4-6-8-14/h4-8,13H,9-12H2,1-3H3,(H2,22,24)(H,23,25). The number of benzene rings is 1. The lowest BCUT2D eigenvalue weighted by atomic mass is 9.84. The summed E-state index contributed by atoms with van der Waals surface area (Å²) in [4.78, 5) is 26.2. The van der Waals surface area contributed by atoms with Gasteiger partial charge in [0.2, 0.25) is 5.91 Å². The average molecular weight is 371 g/mol. The number of amides is 2. The van der Waals surface area contributed by atoms with Crippen molar-refractivity contribution in [3.63, 3.8) is 0 Å². The van der Waals surface area contributed by atoms with Crippen molar-refractivity contribution in [1.82, 2.24) is 0 Å². The summed E-state index contributed by atoms with van der Waals surface area (Å²) in [7, 11) is 0. The Bertz CT molecular complexity index is 824. The molecule has 3 N–H and O–H groups in total. The topological polar surface area (TPSA) is 72.2 Å². The minimum atomic E-state index is -0.589. The highest BCUT2D eigenvalue weighted by Crippen LogP contribution is 2.40. The Morgan fingerprint density at radius 3 is 2.62 bits per heavy atom. The van der Waals surface area contributed by atoms with E-state index in [1.54, 1.807) is 0 Å². The van der Waals surface area contributed by atoms with Crippen LogP contribution in [0.3, 0.4) is 0 Å². The molecule has 2 amide bonds. The van der Waals surface area contributed by atoms with Gasteiger partial charge in [-0.15, -0.1) is 11.3 Å². The first-order valence-corrected chi connectivity index (χ1v) is 9.89. The van der Waals surface area contributed by atoms with Crippen LogP contribution in [0.1, 0.15) is 53.6 Å². The van der Waals surface area contributed by atoms with Crippen molar-refractivity contribution in [2.24, 2.45) is 17.1 Å². The molecule has 4 nitrogen and oxygen atoms in total. The van der Waals surface area contributed by atoms with Crippen LogP contribution in [-0.4, -0.2) is 11.8 Å². The number of rotatable bonds is 5. The molecule has 1 aliphatic rings. The first-order chi connectivity index (χ1) is 12.3. The summed E-state index contributed by atoms with van der Waals surface area (Å²) >= 11 is 1.51. The fraction of sp³-hybridized carbons (Fsp3) is 0.429. The zero-order chi connectivity index (χ0) is 18.9. The molecule has 3 rings (SSSR count). The highest BCUT2D eigenvalue weighted by Gasteiger charge is 2.32. The Morgan fingerprint density at radius 2 is 1.96 bits per heavy atom. The summed E-state index contributed by atoms with van der Waals surface area (Å²) in [6, 6.07) is 9.96. The third-order valence-corrected chi connectivity index (χ3v) is 6.26. The first-order valence-electron chi connectivity index (χ1n) is 9.07. The third-order valence-electron chi connectivity index (χ3n) is 5.09. The molecule has 1 heterocycles. The Morgan fingerprint density at radius 1 is 1.27 bits per heavy atom. The van der Waals surface area contributed by atoms with Gasteiger partial charge in [0.15, 0.2) is 0 Å². The van der Waals surface area contributed by atoms with Crippen molar-refractivity contribution < 1.29 is 9.59 Å². The van der Waals surface area contributed by atoms with Crippen molar-refractivity contribution in [2.45, 2.75) is 46.5 Å². The summed E-state index contributed by atoms with van der Waals surface area (Å²) in [5.74, 6) is 0.0590. The van der Waals surface area contributed by atoms with Crippen LogP contribution < -0.4 is 11.1 Å². The number of fused-ring (bicyclic) bond motifs is 1. The van der Waals surface area contributed by atoms with Crippen molar-refractivity contribution >= 4 is 28.2 Å². The molecule has 1 atom stereocenters. The maximum atomic E-state index is 12.9. The fourth-order valence-electron chi connectivity index (χ4n) is 3.56. The summed E-state index contributed by atoms with van der Waals surface area (Å²) in [6.45, 7) is 6.07. The second kappa shape index (κ2) is 7.23. The summed E-state index contributed by atoms with van der Waals surface area (Å²) in [6.07, 6.45) is 3.49. The predicted octanol–water partition coefficient (Wildman–Crippen LogP) is 4.18. The number of thiophene rings is 1. The Labute approximate surface area is 158 Å². The first kappa shape index (κ1) is 18.6. The van der Waals surface area contributed by atoms with Gasteiger partial charge in [-0.25, -0.2) is 0 Å². The van der Waals surface area contributed by atoms with E-state index in [1.165, 1.54) is 16.2 Å². The lowest BCUT2D eigenvalue weighted by Crippen LogP contribution is -2.33. The van der Waals surface area contributed by atoms with Crippen LogP contribution >= 0.6 is 11.3 Å². The molecule has 5 heteroatoms. The van der Waals surface area contributed by atoms with Crippen molar-refractivity contribution in [2.75, 3.05) is 5.32 Å². The summed E-state index contributed by atoms with van der Waals surface area (Å²) in [5, 5.41) is 3.62. The van der Waals surface area contributed by atoms with Crippen LogP contribution in [-0.2, 0) is 24.1 Å². The third kappa shape index (κ3) is 3.83. The molecule has 0 fully saturated rings. The SMILES string of the molecule is CC1CCc2c(sc(NC(=O)C(C)(C)Cc3ccccc3)c2C(N)=O)C1. The largest absolute Gasteiger partial charge is 0.365 e. The minimum absolute atomic E-state index is 0.0875. The Hall–Kier alpha value is -2.14. The number of nitrogens with one attached hydrogen (secondary N) is 1. The number of anilines is 1. The Kier molecular flexibility index (Phi) is 5.19. The van der Waals surface area contributed by atoms with Gasteiger partial charge in [0.05, 0.1) is 5.56 Å². The van der Waals surface area contributed by atoms with E-state index < -0.39 is 11.3 Å². The predicted molar refractivity (Wildman–Crippen MR) is 107 cm³/mol. The van der Waals surface area contributed by atoms with E-state index in [9.17, 15) is 9.59 Å². The molecule has 0 saturated carbocycles. The molecule has 0 spiro atoms. The monoisotopic (exact) mass is 370 g/mol. The van der Waals surface area contributed by atoms with Gasteiger partial charge in [-0.2, -0.15) is 0 Å². The lowest BCUT2D eigenvalue weighted by Gasteiger charge is -2.23. The van der Waals surface area contributed by atoms with Crippen molar-refractivity contribution in [3.8, 4) is 0 Å². The molecule has 0 bridgehead atoms. The van der Waals surface area contributed by atoms with Crippen LogP contribution in [0.4, 0.5) is 5.00 Å². The van der Waals surface area contributed by atoms with Crippen LogP contribution in [0.2, 0.25) is 0 Å². The molecule has 138 valence electrons. The average Bonchev–Trinajstić information content (AvgIpc) is 2.92. The fourth-order valence-corrected chi connectivity index (χ4v) is 4.97. The van der Waals surface area contributed by atoms with Gasteiger partial charge < -0.3 is 11.1 Å². The lowest BCUT2D eigenvalue weighted by molar-refractivity contribution is -0.123. The summed E-state index contributed by atoms with van der Waals surface area (Å²) < 4.78 is 0. The minimum Gasteiger partial charge on any atom is -0.365 e. The molecule has 2 aromatic rings. The van der Waals surface area contributed by atoms with Gasteiger partial charge in [-0.1, -0.05) is 51.1 Å². The molecule has 1 aliphatic carbocycles. The Balaban J connectivity index is 1.84. The molecule has 0 radical (unpaired) electrons. The van der Waals surface area contributed by atoms with E-state index in [2.05, 4.69) is 12.2 Å². The van der Waals surface area contributed by atoms with Crippen LogP contribution in [0, 0.1) is 11.3 Å². The molecule has 1 unspecified atom stereocenters. The molecule has 0 aliphatic heterocycles. The zero-order valence-electron chi connectivity index (χ0n) is 15.6. The van der Waals surface area contributed by atoms with Crippen molar-refractivity contribution in [1.29, 1.82) is 0 Å². The van der Waals surface area contributed by atoms with E-state index in [-0.39, 0.29) is 5.91 Å². The molecule has 0 saturated heterocycles. The number of carbonyl (C=O) groups is 2. The number of hydrogen-bond acceptors (Lipinski definition) is 3. The van der Waals surface area contributed by atoms with Crippen LogP contribution in [0.5, 0.6) is 0 Å². The number of hydrogen-bond donors (Lipinski definition) is 2. The van der Waals surface area contributed by atoms with E-state index in [4.69, 9.17) is 5.73 Å². The highest BCUT2D eigenvalue weighted by atomic mass is 32.1. The van der Waals surface area contributed by atoms with Crippen LogP contribution in [0.15, 0.2) is 30.3 Å². The molecule has 1 aromatic heterocycles. The van der Waals surface area contributed by atoms with Gasteiger partial charge in [0.25, 0.3) is 5.91 Å². The van der Waals surface area contributed by atoms with Crippen LogP contribution in [0.25, 0.3) is 0 Å². The number of carbonyl (C=O) groups excluding carboxylic acids is 2. The maximum absolute atomic E-state index is 12.9. The van der Waals surface area contributed by atoms with E-state index in [0.29, 0.717) is 22.9 Å². The second-order valence-electron chi connectivity index (χ2n) is 7.92. The maximum Gasteiger partial charge on any atom is 0.251 e. The van der Waals surface area contributed by atoms with E-state index in [0.717, 1.165) is 30.4 Å². The smallest absolute Gasteiger partial charge is 0.251 e. The number of primary amides is 1. The van der Waals surface area contributed by atoms with E-state index in [1.807, 2.05) is 44.2 Å². The highest BCUT2D eigenvalue weighted by molar-refractivity contribution is 7.17. The number of nitrogens with two attached hydrogens (primary N) is 1. The molecular weight excluding hydrogens is 344 g/mol. The molecular formula is C21H26N2O2S. The molecule has 26 heavy (non-hydrogen) atoms. The van der Waals surface area contributed by atoms with Gasteiger partial charge in [-0.05, 0) is 42.7 Å². The van der Waals surface area contributed by atoms with E-state index >= 15 is 0 Å². The molecule has 1 aromatic carbocycles. The zero-order valence-corrected chi connectivity index (χ0v) is 16.4. The normalized spacial score (nSPS) is 16.8. The quantitative estimate of drug-likeness (QED) is 0.829. The van der Waals surface area contributed by atoms with Gasteiger partial charge in [0, 0.05) is 10.3 Å².